The van der Waals surface area contributed by atoms with E-state index in [0.29, 0.717) is 23.5 Å². The van der Waals surface area contributed by atoms with E-state index in [4.69, 9.17) is 5.73 Å². The number of Topliss-reactive ketones (excluding diaryl/α,β-unsaturated/α-hetero) is 1. The summed E-state index contributed by atoms with van der Waals surface area (Å²) >= 11 is 0. The number of ketones is 1. The summed E-state index contributed by atoms with van der Waals surface area (Å²) in [5, 5.41) is 0. The van der Waals surface area contributed by atoms with Gasteiger partial charge in [0.1, 0.15) is 0 Å². The van der Waals surface area contributed by atoms with Crippen LogP contribution in [0.25, 0.3) is 0 Å². The van der Waals surface area contributed by atoms with E-state index in [1.54, 1.807) is 0 Å². The number of carbonyl (C=O) groups is 1. The van der Waals surface area contributed by atoms with Gasteiger partial charge in [0, 0.05) is 5.92 Å². The normalized spacial score (nSPS) is 42.9. The lowest BCUT2D eigenvalue weighted by Crippen LogP contribution is -2.51. The Balaban J connectivity index is 1.74. The molecule has 2 heteroatoms. The van der Waals surface area contributed by atoms with Crippen LogP contribution in [0.1, 0.15) is 45.4 Å². The van der Waals surface area contributed by atoms with Crippen molar-refractivity contribution in [1.82, 2.24) is 0 Å². The molecule has 3 saturated carbocycles. The van der Waals surface area contributed by atoms with Crippen LogP contribution < -0.4 is 5.73 Å². The first kappa shape index (κ1) is 9.83. The molecule has 0 amide bonds. The molecule has 3 fully saturated rings. The molecule has 3 aliphatic rings. The Hall–Kier alpha value is -0.370. The number of hydrogen-bond acceptors (Lipinski definition) is 2. The minimum atomic E-state index is -0.505. The molecule has 2 bridgehead atoms. The van der Waals surface area contributed by atoms with Gasteiger partial charge in [-0.15, -0.1) is 0 Å². The average Bonchev–Trinajstić information content (AvgIpc) is 2.88. The topological polar surface area (TPSA) is 43.1 Å². The van der Waals surface area contributed by atoms with Crippen LogP contribution in [0.15, 0.2) is 0 Å². The van der Waals surface area contributed by atoms with Crippen molar-refractivity contribution in [3.05, 3.63) is 0 Å². The summed E-state index contributed by atoms with van der Waals surface area (Å²) in [6.07, 6.45) is 7.42. The summed E-state index contributed by atoms with van der Waals surface area (Å²) < 4.78 is 0. The second kappa shape index (κ2) is 3.07. The minimum absolute atomic E-state index is 0.319. The van der Waals surface area contributed by atoms with Gasteiger partial charge in [-0.2, -0.15) is 0 Å². The van der Waals surface area contributed by atoms with Crippen molar-refractivity contribution < 1.29 is 4.79 Å². The third-order valence-electron chi connectivity index (χ3n) is 5.03. The summed E-state index contributed by atoms with van der Waals surface area (Å²) in [6.45, 7) is 1.97. The molecular weight excluding hydrogens is 186 g/mol. The zero-order chi connectivity index (χ0) is 10.6. The first-order valence-electron chi connectivity index (χ1n) is 6.42. The summed E-state index contributed by atoms with van der Waals surface area (Å²) in [4.78, 5) is 12.4. The van der Waals surface area contributed by atoms with Gasteiger partial charge < -0.3 is 5.73 Å². The Morgan fingerprint density at radius 1 is 1.20 bits per heavy atom. The fraction of sp³-hybridized carbons (Fsp3) is 0.923. The van der Waals surface area contributed by atoms with Crippen LogP contribution in [-0.2, 0) is 4.79 Å². The van der Waals surface area contributed by atoms with E-state index in [1.165, 1.54) is 32.1 Å². The molecule has 2 N–H and O–H groups in total. The number of carbonyl (C=O) groups excluding carboxylic acids is 1. The molecule has 4 atom stereocenters. The molecule has 3 rings (SSSR count). The summed E-state index contributed by atoms with van der Waals surface area (Å²) in [5.74, 6) is 2.73. The fourth-order valence-electron chi connectivity index (χ4n) is 3.85. The fourth-order valence-corrected chi connectivity index (χ4v) is 3.85. The van der Waals surface area contributed by atoms with E-state index in [2.05, 4.69) is 0 Å². The van der Waals surface area contributed by atoms with E-state index >= 15 is 0 Å². The standard InChI is InChI=1S/C13H21NO/c1-13(14,10-4-5-10)12(15)11-7-8-2-3-9(11)6-8/h8-11H,2-7,14H2,1H3. The SMILES string of the molecule is CC(N)(C(=O)C1CC2CCC1C2)C1CC1. The molecule has 15 heavy (non-hydrogen) atoms. The van der Waals surface area contributed by atoms with Gasteiger partial charge in [-0.05, 0) is 56.8 Å². The summed E-state index contributed by atoms with van der Waals surface area (Å²) in [5.41, 5.74) is 5.72. The van der Waals surface area contributed by atoms with Crippen LogP contribution >= 0.6 is 0 Å². The van der Waals surface area contributed by atoms with Crippen molar-refractivity contribution in [3.63, 3.8) is 0 Å². The number of fused-ring (bicyclic) bond motifs is 2. The highest BCUT2D eigenvalue weighted by atomic mass is 16.1. The molecule has 0 saturated heterocycles. The summed E-state index contributed by atoms with van der Waals surface area (Å²) in [7, 11) is 0. The number of nitrogens with two attached hydrogens (primary N) is 1. The first-order valence-corrected chi connectivity index (χ1v) is 6.42. The monoisotopic (exact) mass is 207 g/mol. The molecule has 0 heterocycles. The highest BCUT2D eigenvalue weighted by molar-refractivity contribution is 5.91. The Kier molecular flexibility index (Phi) is 2.01. The van der Waals surface area contributed by atoms with Crippen molar-refractivity contribution in [2.24, 2.45) is 29.4 Å². The van der Waals surface area contributed by atoms with Gasteiger partial charge in [-0.25, -0.2) is 0 Å². The molecule has 4 unspecified atom stereocenters. The van der Waals surface area contributed by atoms with Crippen LogP contribution in [0.2, 0.25) is 0 Å². The third-order valence-corrected chi connectivity index (χ3v) is 5.03. The molecule has 84 valence electrons. The van der Waals surface area contributed by atoms with Crippen LogP contribution in [-0.4, -0.2) is 11.3 Å². The smallest absolute Gasteiger partial charge is 0.155 e. The van der Waals surface area contributed by atoms with Crippen LogP contribution in [0.3, 0.4) is 0 Å². The van der Waals surface area contributed by atoms with Crippen molar-refractivity contribution in [3.8, 4) is 0 Å². The predicted molar refractivity (Wildman–Crippen MR) is 59.3 cm³/mol. The van der Waals surface area contributed by atoms with Gasteiger partial charge in [0.25, 0.3) is 0 Å². The highest BCUT2D eigenvalue weighted by Gasteiger charge is 2.51. The first-order chi connectivity index (χ1) is 7.09. The maximum atomic E-state index is 12.4. The molecule has 0 aliphatic heterocycles. The van der Waals surface area contributed by atoms with Gasteiger partial charge in [0.15, 0.2) is 5.78 Å². The second-order valence-electron chi connectivity index (χ2n) is 6.20. The van der Waals surface area contributed by atoms with E-state index in [-0.39, 0.29) is 0 Å². The van der Waals surface area contributed by atoms with Gasteiger partial charge in [0.2, 0.25) is 0 Å². The lowest BCUT2D eigenvalue weighted by Gasteiger charge is -2.30. The largest absolute Gasteiger partial charge is 0.319 e. The van der Waals surface area contributed by atoms with Gasteiger partial charge in [-0.1, -0.05) is 6.42 Å². The Labute approximate surface area is 91.6 Å². The van der Waals surface area contributed by atoms with Crippen molar-refractivity contribution in [2.75, 3.05) is 0 Å². The van der Waals surface area contributed by atoms with Gasteiger partial charge in [0.05, 0.1) is 5.54 Å². The Bertz CT molecular complexity index is 293. The van der Waals surface area contributed by atoms with Crippen molar-refractivity contribution >= 4 is 5.78 Å². The Morgan fingerprint density at radius 2 is 1.93 bits per heavy atom. The highest BCUT2D eigenvalue weighted by Crippen LogP contribution is 2.51. The molecule has 0 radical (unpaired) electrons. The molecular formula is C13H21NO. The second-order valence-corrected chi connectivity index (χ2v) is 6.20. The average molecular weight is 207 g/mol. The minimum Gasteiger partial charge on any atom is -0.319 e. The van der Waals surface area contributed by atoms with Crippen LogP contribution in [0.4, 0.5) is 0 Å². The molecule has 0 aromatic heterocycles. The molecule has 2 nitrogen and oxygen atoms in total. The lowest BCUT2D eigenvalue weighted by molar-refractivity contribution is -0.129. The maximum Gasteiger partial charge on any atom is 0.155 e. The van der Waals surface area contributed by atoms with Gasteiger partial charge in [-0.3, -0.25) is 4.79 Å². The Morgan fingerprint density at radius 3 is 2.40 bits per heavy atom. The van der Waals surface area contributed by atoms with Crippen molar-refractivity contribution in [2.45, 2.75) is 51.0 Å². The van der Waals surface area contributed by atoms with E-state index in [0.717, 1.165) is 12.3 Å². The predicted octanol–water partition coefficient (Wildman–Crippen LogP) is 2.12. The van der Waals surface area contributed by atoms with Crippen molar-refractivity contribution in [1.29, 1.82) is 0 Å². The third kappa shape index (κ3) is 1.45. The maximum absolute atomic E-state index is 12.4. The van der Waals surface area contributed by atoms with E-state index < -0.39 is 5.54 Å². The molecule has 0 aromatic carbocycles. The number of hydrogen-bond donors (Lipinski definition) is 1. The molecule has 3 aliphatic carbocycles. The van der Waals surface area contributed by atoms with Crippen LogP contribution in [0.5, 0.6) is 0 Å². The molecule has 0 spiro atoms. The van der Waals surface area contributed by atoms with E-state index in [9.17, 15) is 4.79 Å². The quantitative estimate of drug-likeness (QED) is 0.770. The van der Waals surface area contributed by atoms with Gasteiger partial charge >= 0.3 is 0 Å². The zero-order valence-corrected chi connectivity index (χ0v) is 9.54. The number of rotatable bonds is 3. The van der Waals surface area contributed by atoms with Crippen LogP contribution in [0, 0.1) is 23.7 Å². The van der Waals surface area contributed by atoms with E-state index in [1.807, 2.05) is 6.92 Å². The summed E-state index contributed by atoms with van der Waals surface area (Å²) in [6, 6.07) is 0. The molecule has 0 aromatic rings. The lowest BCUT2D eigenvalue weighted by atomic mass is 9.77. The zero-order valence-electron chi connectivity index (χ0n) is 9.54.